The van der Waals surface area contributed by atoms with Gasteiger partial charge in [-0.15, -0.1) is 11.3 Å². The highest BCUT2D eigenvalue weighted by atomic mass is 79.9. The lowest BCUT2D eigenvalue weighted by Gasteiger charge is -2.15. The molecule has 5 nitrogen and oxygen atoms in total. The average Bonchev–Trinajstić information content (AvgIpc) is 3.10. The van der Waals surface area contributed by atoms with Crippen molar-refractivity contribution in [2.24, 2.45) is 0 Å². The van der Waals surface area contributed by atoms with E-state index in [2.05, 4.69) is 26.3 Å². The van der Waals surface area contributed by atoms with Crippen LogP contribution in [0.1, 0.15) is 24.2 Å². The highest BCUT2D eigenvalue weighted by Gasteiger charge is 2.21. The van der Waals surface area contributed by atoms with Crippen LogP contribution in [0.3, 0.4) is 0 Å². The van der Waals surface area contributed by atoms with E-state index in [-0.39, 0.29) is 11.5 Å². The molecule has 0 spiro atoms. The highest BCUT2D eigenvalue weighted by Crippen LogP contribution is 2.32. The van der Waals surface area contributed by atoms with Crippen molar-refractivity contribution >= 4 is 53.3 Å². The zero-order chi connectivity index (χ0) is 19.8. The van der Waals surface area contributed by atoms with Gasteiger partial charge in [-0.05, 0) is 31.5 Å². The van der Waals surface area contributed by atoms with Crippen LogP contribution < -0.4 is 10.9 Å². The number of amides is 1. The molecule has 0 saturated carbocycles. The fourth-order valence-corrected chi connectivity index (χ4v) is 4.78. The number of carbonyl (C=O) groups excluding carboxylic acids is 1. The minimum absolute atomic E-state index is 0.235. The monoisotopic (exact) mass is 455 g/mol. The van der Waals surface area contributed by atoms with Crippen molar-refractivity contribution in [1.82, 2.24) is 15.1 Å². The first-order chi connectivity index (χ1) is 13.5. The lowest BCUT2D eigenvalue weighted by atomic mass is 10.2. The number of nitrogens with zero attached hydrogens (tertiary/aromatic N) is 2. The Bertz CT molecular complexity index is 1260. The summed E-state index contributed by atoms with van der Waals surface area (Å²) in [5, 5.41) is 8.88. The van der Waals surface area contributed by atoms with Crippen LogP contribution >= 0.6 is 27.3 Å². The van der Waals surface area contributed by atoms with Crippen molar-refractivity contribution in [2.45, 2.75) is 26.4 Å². The van der Waals surface area contributed by atoms with E-state index >= 15 is 0 Å². The van der Waals surface area contributed by atoms with Crippen molar-refractivity contribution in [3.05, 3.63) is 74.6 Å². The molecule has 28 heavy (non-hydrogen) atoms. The summed E-state index contributed by atoms with van der Waals surface area (Å²) in [6, 6.07) is 14.8. The Morgan fingerprint density at radius 3 is 2.71 bits per heavy atom. The second-order valence-electron chi connectivity index (χ2n) is 6.62. The molecule has 0 aliphatic heterocycles. The molecule has 0 radical (unpaired) electrons. The predicted octanol–water partition coefficient (Wildman–Crippen LogP) is 4.56. The normalized spacial score (nSPS) is 12.4. The Morgan fingerprint density at radius 2 is 1.93 bits per heavy atom. The van der Waals surface area contributed by atoms with Crippen LogP contribution in [-0.2, 0) is 11.3 Å². The molecule has 0 aliphatic rings. The third-order valence-corrected chi connectivity index (χ3v) is 6.81. The van der Waals surface area contributed by atoms with Crippen LogP contribution in [0.2, 0.25) is 0 Å². The van der Waals surface area contributed by atoms with E-state index < -0.39 is 6.04 Å². The molecule has 0 bridgehead atoms. The SMILES string of the molecule is Cc1nn([C@H](C)C(=O)NCc2ccccc2Br)c(=O)c2c1sc1ccccc12. The number of rotatable bonds is 4. The fraction of sp³-hybridized carbons (Fsp3) is 0.190. The Hall–Kier alpha value is -2.51. The van der Waals surface area contributed by atoms with Gasteiger partial charge in [0.2, 0.25) is 5.91 Å². The smallest absolute Gasteiger partial charge is 0.276 e. The molecule has 7 heteroatoms. The minimum Gasteiger partial charge on any atom is -0.350 e. The maximum atomic E-state index is 13.1. The van der Waals surface area contributed by atoms with E-state index in [1.54, 1.807) is 18.3 Å². The zero-order valence-electron chi connectivity index (χ0n) is 15.4. The van der Waals surface area contributed by atoms with Crippen molar-refractivity contribution in [1.29, 1.82) is 0 Å². The lowest BCUT2D eigenvalue weighted by Crippen LogP contribution is -2.37. The quantitative estimate of drug-likeness (QED) is 0.490. The maximum Gasteiger partial charge on any atom is 0.276 e. The number of thiophene rings is 1. The summed E-state index contributed by atoms with van der Waals surface area (Å²) < 4.78 is 4.15. The van der Waals surface area contributed by atoms with Gasteiger partial charge in [0.05, 0.1) is 15.8 Å². The molecule has 0 fully saturated rings. The molecule has 1 atom stereocenters. The first-order valence-electron chi connectivity index (χ1n) is 8.89. The molecule has 4 aromatic rings. The van der Waals surface area contributed by atoms with E-state index in [0.29, 0.717) is 11.9 Å². The predicted molar refractivity (Wildman–Crippen MR) is 117 cm³/mol. The van der Waals surface area contributed by atoms with Gasteiger partial charge >= 0.3 is 0 Å². The lowest BCUT2D eigenvalue weighted by molar-refractivity contribution is -0.124. The molecule has 0 unspecified atom stereocenters. The van der Waals surface area contributed by atoms with Gasteiger partial charge in [-0.25, -0.2) is 4.68 Å². The van der Waals surface area contributed by atoms with Crippen LogP contribution in [0.15, 0.2) is 57.8 Å². The number of benzene rings is 2. The number of halogens is 1. The summed E-state index contributed by atoms with van der Waals surface area (Å²) >= 11 is 5.04. The van der Waals surface area contributed by atoms with E-state index in [4.69, 9.17) is 0 Å². The third-order valence-electron chi connectivity index (χ3n) is 4.76. The summed E-state index contributed by atoms with van der Waals surface area (Å²) in [5.41, 5.74) is 1.49. The van der Waals surface area contributed by atoms with Crippen molar-refractivity contribution in [2.75, 3.05) is 0 Å². The van der Waals surface area contributed by atoms with Gasteiger partial charge in [0.15, 0.2) is 0 Å². The number of aryl methyl sites for hydroxylation is 1. The topological polar surface area (TPSA) is 64.0 Å². The molecular weight excluding hydrogens is 438 g/mol. The molecule has 2 aromatic heterocycles. The van der Waals surface area contributed by atoms with E-state index in [1.165, 1.54) is 4.68 Å². The first-order valence-corrected chi connectivity index (χ1v) is 10.5. The first kappa shape index (κ1) is 18.8. The Kier molecular flexibility index (Phi) is 5.03. The molecule has 0 saturated heterocycles. The van der Waals surface area contributed by atoms with Gasteiger partial charge in [0.25, 0.3) is 5.56 Å². The van der Waals surface area contributed by atoms with Crippen molar-refractivity contribution in [3.8, 4) is 0 Å². The minimum atomic E-state index is -0.711. The summed E-state index contributed by atoms with van der Waals surface area (Å²) in [5.74, 6) is -0.247. The average molecular weight is 456 g/mol. The van der Waals surface area contributed by atoms with Crippen LogP contribution in [0.4, 0.5) is 0 Å². The highest BCUT2D eigenvalue weighted by molar-refractivity contribution is 9.10. The summed E-state index contributed by atoms with van der Waals surface area (Å²) in [6.45, 7) is 3.95. The Morgan fingerprint density at radius 1 is 1.21 bits per heavy atom. The molecule has 4 rings (SSSR count). The molecule has 0 aliphatic carbocycles. The molecule has 142 valence electrons. The van der Waals surface area contributed by atoms with Gasteiger partial charge in [-0.2, -0.15) is 5.10 Å². The molecular formula is C21H18BrN3O2S. The molecule has 2 aromatic carbocycles. The number of hydrogen-bond acceptors (Lipinski definition) is 4. The molecule has 1 N–H and O–H groups in total. The summed E-state index contributed by atoms with van der Waals surface area (Å²) in [7, 11) is 0. The Labute approximate surface area is 174 Å². The van der Waals surface area contributed by atoms with Gasteiger partial charge in [-0.1, -0.05) is 52.3 Å². The summed E-state index contributed by atoms with van der Waals surface area (Å²) in [6.07, 6.45) is 0. The largest absolute Gasteiger partial charge is 0.350 e. The van der Waals surface area contributed by atoms with Gasteiger partial charge < -0.3 is 5.32 Å². The number of carbonyl (C=O) groups is 1. The molecule has 2 heterocycles. The van der Waals surface area contributed by atoms with Gasteiger partial charge in [-0.3, -0.25) is 9.59 Å². The summed E-state index contributed by atoms with van der Waals surface area (Å²) in [4.78, 5) is 25.9. The van der Waals surface area contributed by atoms with Gasteiger partial charge in [0.1, 0.15) is 6.04 Å². The number of fused-ring (bicyclic) bond motifs is 3. The Balaban J connectivity index is 1.69. The second kappa shape index (κ2) is 7.48. The second-order valence-corrected chi connectivity index (χ2v) is 8.53. The van der Waals surface area contributed by atoms with Crippen LogP contribution in [-0.4, -0.2) is 15.7 Å². The zero-order valence-corrected chi connectivity index (χ0v) is 17.8. The van der Waals surface area contributed by atoms with E-state index in [1.807, 2.05) is 55.5 Å². The van der Waals surface area contributed by atoms with Crippen LogP contribution in [0, 0.1) is 6.92 Å². The third kappa shape index (κ3) is 3.25. The molecule has 1 amide bonds. The van der Waals surface area contributed by atoms with E-state index in [9.17, 15) is 9.59 Å². The van der Waals surface area contributed by atoms with Crippen LogP contribution in [0.25, 0.3) is 20.2 Å². The van der Waals surface area contributed by atoms with Gasteiger partial charge in [0, 0.05) is 21.1 Å². The van der Waals surface area contributed by atoms with Crippen LogP contribution in [0.5, 0.6) is 0 Å². The van der Waals surface area contributed by atoms with E-state index in [0.717, 1.165) is 30.5 Å². The number of aromatic nitrogens is 2. The maximum absolute atomic E-state index is 13.1. The van der Waals surface area contributed by atoms with Crippen molar-refractivity contribution in [3.63, 3.8) is 0 Å². The van der Waals surface area contributed by atoms with Crippen molar-refractivity contribution < 1.29 is 4.79 Å². The fourth-order valence-electron chi connectivity index (χ4n) is 3.22. The number of hydrogen-bond donors (Lipinski definition) is 1. The standard InChI is InChI=1S/C21H18BrN3O2S/c1-12-19-18(15-8-4-6-10-17(15)28-19)21(27)25(24-12)13(2)20(26)23-11-14-7-3-5-9-16(14)22/h3-10,13H,11H2,1-2H3,(H,23,26)/t13-/m1/s1. The number of nitrogens with one attached hydrogen (secondary N) is 1.